The van der Waals surface area contributed by atoms with Crippen LogP contribution in [0.1, 0.15) is 0 Å². The molecule has 0 aromatic rings. The second kappa shape index (κ2) is 10.3. The molecule has 0 saturated carbocycles. The Morgan fingerprint density at radius 2 is 1.38 bits per heavy atom. The molecule has 4 nitrogen and oxygen atoms in total. The average Bonchev–Trinajstić information content (AvgIpc) is 0.722. The van der Waals surface area contributed by atoms with Gasteiger partial charge in [0.2, 0.25) is 0 Å². The zero-order valence-electron chi connectivity index (χ0n) is 4.20. The van der Waals surface area contributed by atoms with E-state index in [4.69, 9.17) is 19.2 Å². The predicted molar refractivity (Wildman–Crippen MR) is 15.6 cm³/mol. The monoisotopic (exact) mass is 210 g/mol. The van der Waals surface area contributed by atoms with Gasteiger partial charge in [-0.05, 0) is 0 Å². The van der Waals surface area contributed by atoms with E-state index in [1.54, 1.807) is 0 Å². The second-order valence-corrected chi connectivity index (χ2v) is 1.41. The van der Waals surface area contributed by atoms with E-state index in [1.807, 2.05) is 0 Å². The van der Waals surface area contributed by atoms with Crippen LogP contribution in [-0.2, 0) is 4.57 Å². The average molecular weight is 211 g/mol. The van der Waals surface area contributed by atoms with Crippen molar-refractivity contribution < 1.29 is 83.0 Å². The summed E-state index contributed by atoms with van der Waals surface area (Å²) in [7, 11) is -5.14. The first kappa shape index (κ1) is 22.5. The fourth-order valence-electron chi connectivity index (χ4n) is 0. The number of hydrogen-bond acceptors (Lipinski definition) is 3. The van der Waals surface area contributed by atoms with Crippen LogP contribution in [0.25, 0.3) is 0 Å². The van der Waals surface area contributed by atoms with Crippen molar-refractivity contribution in [3.8, 4) is 0 Å². The zero-order valence-corrected chi connectivity index (χ0v) is 11.2. The van der Waals surface area contributed by atoms with Gasteiger partial charge in [0.05, 0.1) is 7.82 Å². The fraction of sp³-hybridized carbons (Fsp3) is 0. The van der Waals surface area contributed by atoms with E-state index in [0.717, 1.165) is 0 Å². The van der Waals surface area contributed by atoms with Crippen molar-refractivity contribution in [2.24, 2.45) is 0 Å². The van der Waals surface area contributed by atoms with Crippen LogP contribution in [0.5, 0.6) is 0 Å². The standard InChI is InChI=1S/Ca.ClH.K.H3O4P/c;;;1-5(2,3)4/h;1H;;(H3,1,2,3,4)/q+2;;+1;/p-3. The molecular weight excluding hydrogens is 210 g/mol. The van der Waals surface area contributed by atoms with Crippen LogP contribution < -0.4 is 73.6 Å². The molecule has 8 heteroatoms. The Hall–Kier alpha value is 3.30. The molecule has 1 N–H and O–H groups in total. The van der Waals surface area contributed by atoms with Crippen molar-refractivity contribution in [3.63, 3.8) is 0 Å². The summed E-state index contributed by atoms with van der Waals surface area (Å²) in [5.74, 6) is 0. The van der Waals surface area contributed by atoms with E-state index in [-0.39, 0.29) is 102 Å². The van der Waals surface area contributed by atoms with Gasteiger partial charge in [-0.1, -0.05) is 0 Å². The van der Waals surface area contributed by atoms with Crippen molar-refractivity contribution in [2.45, 2.75) is 0 Å². The Labute approximate surface area is 125 Å². The van der Waals surface area contributed by atoms with Crippen molar-refractivity contribution >= 4 is 45.6 Å². The predicted octanol–water partition coefficient (Wildman–Crippen LogP) is -8.57. The number of halogens is 1. The van der Waals surface area contributed by atoms with Gasteiger partial charge in [0, 0.05) is 0 Å². The molecule has 0 spiro atoms. The topological polar surface area (TPSA) is 83.4 Å². The molecule has 0 aliphatic carbocycles. The molecule has 0 aliphatic heterocycles. The van der Waals surface area contributed by atoms with E-state index >= 15 is 0 Å². The summed E-state index contributed by atoms with van der Waals surface area (Å²) >= 11 is 0. The Bertz CT molecular complexity index is 62.2. The fourth-order valence-corrected chi connectivity index (χ4v) is 0. The summed E-state index contributed by atoms with van der Waals surface area (Å²) in [6, 6.07) is 0. The quantitative estimate of drug-likeness (QED) is 0.318. The van der Waals surface area contributed by atoms with Crippen LogP contribution >= 0.6 is 7.82 Å². The summed E-state index contributed by atoms with van der Waals surface area (Å²) in [6.07, 6.45) is 0. The molecule has 0 bridgehead atoms. The third-order valence-electron chi connectivity index (χ3n) is 0. The molecule has 0 aliphatic rings. The first-order valence-electron chi connectivity index (χ1n) is 0.748. The summed E-state index contributed by atoms with van der Waals surface area (Å²) in [5, 5.41) is 0. The first-order chi connectivity index (χ1) is 2.00. The molecule has 0 aromatic heterocycles. The van der Waals surface area contributed by atoms with Crippen LogP contribution in [0.4, 0.5) is 0 Å². The van der Waals surface area contributed by atoms with Crippen LogP contribution in [0.2, 0.25) is 0 Å². The third-order valence-corrected chi connectivity index (χ3v) is 0. The zero-order chi connectivity index (χ0) is 4.50. The van der Waals surface area contributed by atoms with Gasteiger partial charge in [-0.15, -0.1) is 0 Å². The van der Waals surface area contributed by atoms with E-state index in [9.17, 15) is 0 Å². The van der Waals surface area contributed by atoms with Gasteiger partial charge in [-0.2, -0.15) is 0 Å². The smallest absolute Gasteiger partial charge is 1.00 e. The molecule has 0 unspecified atom stereocenters. The molecule has 0 rings (SSSR count). The molecule has 0 saturated heterocycles. The largest absolute Gasteiger partial charge is 2.00 e. The molecule has 0 amide bonds. The van der Waals surface area contributed by atoms with Gasteiger partial charge in [0.25, 0.3) is 0 Å². The van der Waals surface area contributed by atoms with Crippen LogP contribution in [-0.4, -0.2) is 42.6 Å². The Morgan fingerprint density at radius 1 is 1.38 bits per heavy atom. The molecule has 8 heavy (non-hydrogen) atoms. The van der Waals surface area contributed by atoms with Crippen molar-refractivity contribution in [2.75, 3.05) is 0 Å². The van der Waals surface area contributed by atoms with E-state index < -0.39 is 7.82 Å². The number of phosphoric acid groups is 1. The second-order valence-electron chi connectivity index (χ2n) is 0.469. The number of rotatable bonds is 0. The summed E-state index contributed by atoms with van der Waals surface area (Å²) < 4.78 is 8.66. The summed E-state index contributed by atoms with van der Waals surface area (Å²) in [4.78, 5) is 24.3. The third kappa shape index (κ3) is 58.9. The SMILES string of the molecule is O=P([O-])([O-])O.[Ca+2].[Cl-].[K+]. The van der Waals surface area contributed by atoms with Gasteiger partial charge in [0.15, 0.2) is 0 Å². The van der Waals surface area contributed by atoms with Gasteiger partial charge >= 0.3 is 89.1 Å². The molecule has 40 valence electrons. The maximum Gasteiger partial charge on any atom is 2.00 e. The summed E-state index contributed by atoms with van der Waals surface area (Å²) in [5.41, 5.74) is 0. The minimum absolute atomic E-state index is 0. The molecular formula is HCaClKO4P. The van der Waals surface area contributed by atoms with Crippen LogP contribution in [0.15, 0.2) is 0 Å². The molecule has 0 radical (unpaired) electrons. The van der Waals surface area contributed by atoms with Crippen LogP contribution in [0.3, 0.4) is 0 Å². The first-order valence-corrected chi connectivity index (χ1v) is 2.24. The molecule has 0 aromatic carbocycles. The summed E-state index contributed by atoms with van der Waals surface area (Å²) in [6.45, 7) is 0. The molecule has 0 atom stereocenters. The molecule has 0 fully saturated rings. The maximum atomic E-state index is 8.66. The minimum Gasteiger partial charge on any atom is -1.00 e. The van der Waals surface area contributed by atoms with Gasteiger partial charge < -0.3 is 31.7 Å². The normalized spacial score (nSPS) is 7.38. The van der Waals surface area contributed by atoms with Crippen molar-refractivity contribution in [1.29, 1.82) is 0 Å². The maximum absolute atomic E-state index is 8.66. The Balaban J connectivity index is -0.0000000267. The molecule has 0 heterocycles. The Kier molecular flexibility index (Phi) is 29.0. The minimum atomic E-state index is -5.14. The van der Waals surface area contributed by atoms with Crippen molar-refractivity contribution in [3.05, 3.63) is 0 Å². The van der Waals surface area contributed by atoms with E-state index in [1.165, 1.54) is 0 Å². The number of hydrogen-bond donors (Lipinski definition) is 1. The van der Waals surface area contributed by atoms with Gasteiger partial charge in [-0.3, -0.25) is 0 Å². The Morgan fingerprint density at radius 3 is 1.38 bits per heavy atom. The van der Waals surface area contributed by atoms with Crippen molar-refractivity contribution in [1.82, 2.24) is 0 Å². The van der Waals surface area contributed by atoms with Crippen LogP contribution in [0, 0.1) is 0 Å². The van der Waals surface area contributed by atoms with E-state index in [2.05, 4.69) is 0 Å². The van der Waals surface area contributed by atoms with Gasteiger partial charge in [-0.25, -0.2) is 0 Å². The van der Waals surface area contributed by atoms with Gasteiger partial charge in [0.1, 0.15) is 0 Å². The van der Waals surface area contributed by atoms with E-state index in [0.29, 0.717) is 0 Å².